The average Bonchev–Trinajstić information content (AvgIpc) is 3.14. The molecule has 31 heavy (non-hydrogen) atoms. The number of rotatable bonds is 8. The second-order valence-electron chi connectivity index (χ2n) is 7.21. The van der Waals surface area contributed by atoms with E-state index in [0.717, 1.165) is 5.56 Å². The maximum absolute atomic E-state index is 12.7. The van der Waals surface area contributed by atoms with E-state index < -0.39 is 36.0 Å². The third-order valence-electron chi connectivity index (χ3n) is 5.04. The minimum absolute atomic E-state index is 0.0663. The molecule has 1 aliphatic heterocycles. The molecule has 0 aliphatic carbocycles. The molecule has 0 spiro atoms. The molecule has 9 heteroatoms. The van der Waals surface area contributed by atoms with Crippen molar-refractivity contribution in [2.45, 2.75) is 31.3 Å². The van der Waals surface area contributed by atoms with Crippen molar-refractivity contribution in [3.8, 4) is 0 Å². The van der Waals surface area contributed by atoms with Crippen LogP contribution in [0, 0.1) is 0 Å². The van der Waals surface area contributed by atoms with Gasteiger partial charge in [0.25, 0.3) is 5.91 Å². The van der Waals surface area contributed by atoms with Crippen LogP contribution in [-0.2, 0) is 16.0 Å². The molecule has 4 N–H and O–H groups in total. The highest BCUT2D eigenvalue weighted by molar-refractivity contribution is 6.01. The van der Waals surface area contributed by atoms with Crippen molar-refractivity contribution in [2.75, 3.05) is 11.4 Å². The quantitative estimate of drug-likeness (QED) is 0.510. The van der Waals surface area contributed by atoms with Crippen molar-refractivity contribution >= 4 is 29.6 Å². The Bertz CT molecular complexity index is 978. The summed E-state index contributed by atoms with van der Waals surface area (Å²) in [5.74, 6) is -2.59. The summed E-state index contributed by atoms with van der Waals surface area (Å²) in [5.41, 5.74) is 1.70. The summed E-state index contributed by atoms with van der Waals surface area (Å²) < 4.78 is 0. The molecule has 9 nitrogen and oxygen atoms in total. The summed E-state index contributed by atoms with van der Waals surface area (Å²) in [4.78, 5) is 49.0. The lowest BCUT2D eigenvalue weighted by molar-refractivity contribution is -0.139. The Balaban J connectivity index is 1.61. The Morgan fingerprint density at radius 1 is 1.00 bits per heavy atom. The highest BCUT2D eigenvalue weighted by Crippen LogP contribution is 2.32. The number of carboxylic acids is 2. The summed E-state index contributed by atoms with van der Waals surface area (Å²) >= 11 is 0. The second-order valence-corrected chi connectivity index (χ2v) is 7.21. The first-order valence-electron chi connectivity index (χ1n) is 9.82. The van der Waals surface area contributed by atoms with Crippen molar-refractivity contribution in [3.05, 3.63) is 65.7 Å². The van der Waals surface area contributed by atoms with E-state index in [1.54, 1.807) is 54.6 Å². The zero-order valence-electron chi connectivity index (χ0n) is 16.7. The van der Waals surface area contributed by atoms with E-state index in [1.165, 1.54) is 4.90 Å². The average molecular weight is 425 g/mol. The largest absolute Gasteiger partial charge is 0.481 e. The molecular formula is C22H23N3O6. The first-order valence-corrected chi connectivity index (χ1v) is 9.82. The van der Waals surface area contributed by atoms with E-state index >= 15 is 0 Å². The Morgan fingerprint density at radius 3 is 2.35 bits per heavy atom. The molecule has 2 aromatic rings. The molecule has 3 rings (SSSR count). The van der Waals surface area contributed by atoms with E-state index in [0.29, 0.717) is 11.3 Å². The Labute approximate surface area is 178 Å². The molecule has 0 bridgehead atoms. The number of hydrogen-bond acceptors (Lipinski definition) is 4. The number of nitrogens with one attached hydrogen (secondary N) is 2. The molecule has 0 fully saturated rings. The third-order valence-corrected chi connectivity index (χ3v) is 5.04. The number of carbonyl (C=O) groups excluding carboxylic acids is 2. The van der Waals surface area contributed by atoms with Gasteiger partial charge in [-0.05, 0) is 30.2 Å². The van der Waals surface area contributed by atoms with Crippen LogP contribution in [0.3, 0.4) is 0 Å². The van der Waals surface area contributed by atoms with Gasteiger partial charge in [0.15, 0.2) is 0 Å². The Morgan fingerprint density at radius 2 is 1.68 bits per heavy atom. The number of carbonyl (C=O) groups is 4. The molecule has 1 heterocycles. The van der Waals surface area contributed by atoms with Gasteiger partial charge in [-0.1, -0.05) is 36.4 Å². The van der Waals surface area contributed by atoms with Crippen LogP contribution in [0.4, 0.5) is 10.5 Å². The van der Waals surface area contributed by atoms with Crippen LogP contribution < -0.4 is 15.5 Å². The number of anilines is 1. The van der Waals surface area contributed by atoms with Crippen LogP contribution in [0.15, 0.2) is 54.6 Å². The number of amides is 3. The van der Waals surface area contributed by atoms with Crippen LogP contribution in [0.2, 0.25) is 0 Å². The molecular weight excluding hydrogens is 402 g/mol. The summed E-state index contributed by atoms with van der Waals surface area (Å²) in [6.45, 7) is 0.0663. The predicted octanol–water partition coefficient (Wildman–Crippen LogP) is 1.88. The van der Waals surface area contributed by atoms with Gasteiger partial charge < -0.3 is 20.8 Å². The van der Waals surface area contributed by atoms with E-state index in [9.17, 15) is 24.3 Å². The molecule has 2 atom stereocenters. The molecule has 0 saturated heterocycles. The van der Waals surface area contributed by atoms with Crippen molar-refractivity contribution in [3.63, 3.8) is 0 Å². The van der Waals surface area contributed by atoms with Crippen molar-refractivity contribution in [1.29, 1.82) is 0 Å². The predicted molar refractivity (Wildman–Crippen MR) is 112 cm³/mol. The normalized spacial score (nSPS) is 15.6. The lowest BCUT2D eigenvalue weighted by Gasteiger charge is -2.24. The first kappa shape index (κ1) is 21.8. The van der Waals surface area contributed by atoms with E-state index in [2.05, 4.69) is 10.6 Å². The lowest BCUT2D eigenvalue weighted by Crippen LogP contribution is -2.49. The highest BCUT2D eigenvalue weighted by atomic mass is 16.4. The van der Waals surface area contributed by atoms with Crippen molar-refractivity contribution in [2.24, 2.45) is 0 Å². The van der Waals surface area contributed by atoms with Gasteiger partial charge in [0.05, 0.1) is 6.42 Å². The number of benzene rings is 2. The highest BCUT2D eigenvalue weighted by Gasteiger charge is 2.38. The number of urea groups is 1. The van der Waals surface area contributed by atoms with Gasteiger partial charge in [0.2, 0.25) is 0 Å². The van der Waals surface area contributed by atoms with E-state index in [1.807, 2.05) is 0 Å². The molecule has 2 unspecified atom stereocenters. The SMILES string of the molecule is O=C(O)CC(CCNC(=O)N1c2ccccc2CC1C(=O)O)NC(=O)c1ccccc1. The second kappa shape index (κ2) is 9.75. The minimum atomic E-state index is -1.11. The number of hydrogen-bond donors (Lipinski definition) is 4. The summed E-state index contributed by atoms with van der Waals surface area (Å²) in [7, 11) is 0. The minimum Gasteiger partial charge on any atom is -0.481 e. The first-order chi connectivity index (χ1) is 14.9. The van der Waals surface area contributed by atoms with Gasteiger partial charge in [-0.2, -0.15) is 0 Å². The molecule has 0 saturated carbocycles. The maximum atomic E-state index is 12.7. The van der Waals surface area contributed by atoms with Crippen molar-refractivity contribution in [1.82, 2.24) is 10.6 Å². The smallest absolute Gasteiger partial charge is 0.327 e. The van der Waals surface area contributed by atoms with Crippen molar-refractivity contribution < 1.29 is 29.4 Å². The fraction of sp³-hybridized carbons (Fsp3) is 0.273. The topological polar surface area (TPSA) is 136 Å². The van der Waals surface area contributed by atoms with Crippen LogP contribution in [0.1, 0.15) is 28.8 Å². The fourth-order valence-corrected chi connectivity index (χ4v) is 3.57. The summed E-state index contributed by atoms with van der Waals surface area (Å²) in [6, 6.07) is 13.1. The molecule has 2 aromatic carbocycles. The zero-order valence-corrected chi connectivity index (χ0v) is 16.7. The molecule has 3 amide bonds. The maximum Gasteiger partial charge on any atom is 0.327 e. The third kappa shape index (κ3) is 5.39. The number of nitrogens with zero attached hydrogens (tertiary/aromatic N) is 1. The van der Waals surface area contributed by atoms with Crippen LogP contribution in [0.5, 0.6) is 0 Å². The summed E-state index contributed by atoms with van der Waals surface area (Å²) in [5, 5.41) is 24.0. The Hall–Kier alpha value is -3.88. The monoisotopic (exact) mass is 425 g/mol. The van der Waals surface area contributed by atoms with E-state index in [-0.39, 0.29) is 25.8 Å². The van der Waals surface area contributed by atoms with Gasteiger partial charge in [0, 0.05) is 30.3 Å². The number of para-hydroxylation sites is 1. The number of carboxylic acid groups (broad SMARTS) is 2. The lowest BCUT2D eigenvalue weighted by atomic mass is 10.1. The van der Waals surface area contributed by atoms with Crippen LogP contribution in [-0.4, -0.2) is 52.7 Å². The molecule has 0 radical (unpaired) electrons. The fourth-order valence-electron chi connectivity index (χ4n) is 3.57. The Kier molecular flexibility index (Phi) is 6.86. The van der Waals surface area contributed by atoms with Gasteiger partial charge in [0.1, 0.15) is 6.04 Å². The van der Waals surface area contributed by atoms with Gasteiger partial charge in [-0.3, -0.25) is 14.5 Å². The van der Waals surface area contributed by atoms with Gasteiger partial charge >= 0.3 is 18.0 Å². The molecule has 1 aliphatic rings. The zero-order chi connectivity index (χ0) is 22.4. The van der Waals surface area contributed by atoms with Crippen LogP contribution in [0.25, 0.3) is 0 Å². The van der Waals surface area contributed by atoms with E-state index in [4.69, 9.17) is 5.11 Å². The molecule has 162 valence electrons. The number of fused-ring (bicyclic) bond motifs is 1. The standard InChI is InChI=1S/C22H23N3O6/c26-19(27)13-16(24-20(28)14-6-2-1-3-7-14)10-11-23-22(31)25-17-9-5-4-8-15(17)12-18(25)21(29)30/h1-9,16,18H,10-13H2,(H,23,31)(H,24,28)(H,26,27)(H,29,30). The van der Waals surface area contributed by atoms with Crippen LogP contribution >= 0.6 is 0 Å². The van der Waals surface area contributed by atoms with Gasteiger partial charge in [-0.15, -0.1) is 0 Å². The summed E-state index contributed by atoms with van der Waals surface area (Å²) in [6.07, 6.45) is 0.0796. The number of aliphatic carboxylic acids is 2. The van der Waals surface area contributed by atoms with Gasteiger partial charge in [-0.25, -0.2) is 9.59 Å². The molecule has 0 aromatic heterocycles.